The zero-order valence-corrected chi connectivity index (χ0v) is 20.0. The van der Waals surface area contributed by atoms with Gasteiger partial charge in [-0.15, -0.1) is 0 Å². The fraction of sp³-hybridized carbons (Fsp3) is 0.192. The van der Waals surface area contributed by atoms with Gasteiger partial charge in [-0.3, -0.25) is 4.79 Å². The normalized spacial score (nSPS) is 12.9. The molecule has 0 saturated carbocycles. The third kappa shape index (κ3) is 5.12. The van der Waals surface area contributed by atoms with Crippen LogP contribution in [0.5, 0.6) is 0 Å². The van der Waals surface area contributed by atoms with Crippen molar-refractivity contribution in [3.05, 3.63) is 87.9 Å². The highest BCUT2D eigenvalue weighted by Crippen LogP contribution is 2.44. The Morgan fingerprint density at radius 1 is 1.00 bits per heavy atom. The molecule has 1 unspecified atom stereocenters. The molecule has 0 spiro atoms. The van der Waals surface area contributed by atoms with Crippen LogP contribution in [0.15, 0.2) is 71.2 Å². The van der Waals surface area contributed by atoms with Crippen molar-refractivity contribution in [1.29, 1.82) is 0 Å². The van der Waals surface area contributed by atoms with Gasteiger partial charge in [0.05, 0.1) is 11.5 Å². The number of rotatable bonds is 7. The van der Waals surface area contributed by atoms with E-state index in [1.165, 1.54) is 12.1 Å². The summed E-state index contributed by atoms with van der Waals surface area (Å²) in [6, 6.07) is 20.6. The molecule has 0 bridgehead atoms. The molecule has 1 atom stereocenters. The summed E-state index contributed by atoms with van der Waals surface area (Å²) in [6.07, 6.45) is -0.600. The van der Waals surface area contributed by atoms with E-state index >= 15 is 0 Å². The minimum atomic E-state index is -1.10. The van der Waals surface area contributed by atoms with Crippen LogP contribution in [0, 0.1) is 5.92 Å². The highest BCUT2D eigenvalue weighted by Gasteiger charge is 2.29. The summed E-state index contributed by atoms with van der Waals surface area (Å²) in [6.45, 7) is 1.92. The highest BCUT2D eigenvalue weighted by molar-refractivity contribution is 9.10. The molecule has 4 rings (SSSR count). The Balaban J connectivity index is 1.31. The molecule has 0 saturated heterocycles. The van der Waals surface area contributed by atoms with Gasteiger partial charge in [-0.2, -0.15) is 0 Å². The van der Waals surface area contributed by atoms with Crippen molar-refractivity contribution in [1.82, 2.24) is 5.32 Å². The average Bonchev–Trinajstić information content (AvgIpc) is 3.14. The zero-order valence-electron chi connectivity index (χ0n) is 18.4. The van der Waals surface area contributed by atoms with Gasteiger partial charge in [-0.1, -0.05) is 71.4 Å². The summed E-state index contributed by atoms with van der Waals surface area (Å²) in [5, 5.41) is 14.5. The monoisotopic (exact) mass is 522 g/mol. The number of fused-ring (bicyclic) bond motifs is 3. The number of hydrogen-bond acceptors (Lipinski definition) is 4. The van der Waals surface area contributed by atoms with Gasteiger partial charge >= 0.3 is 12.1 Å². The van der Waals surface area contributed by atoms with Crippen LogP contribution < -0.4 is 10.6 Å². The molecule has 1 aliphatic rings. The number of carbonyl (C=O) groups is 3. The van der Waals surface area contributed by atoms with Crippen molar-refractivity contribution in [3.8, 4) is 11.1 Å². The van der Waals surface area contributed by atoms with Gasteiger partial charge in [0.25, 0.3) is 0 Å². The second kappa shape index (κ2) is 10.1. The largest absolute Gasteiger partial charge is 0.478 e. The molecule has 0 aliphatic heterocycles. The molecule has 3 aromatic rings. The number of aromatic carboxylic acids is 1. The van der Waals surface area contributed by atoms with Gasteiger partial charge in [-0.25, -0.2) is 9.59 Å². The van der Waals surface area contributed by atoms with E-state index in [4.69, 9.17) is 9.84 Å². The molecule has 1 aliphatic carbocycles. The van der Waals surface area contributed by atoms with Crippen LogP contribution in [0.3, 0.4) is 0 Å². The summed E-state index contributed by atoms with van der Waals surface area (Å²) in [5.41, 5.74) is 4.95. The first-order valence-corrected chi connectivity index (χ1v) is 11.6. The smallest absolute Gasteiger partial charge is 0.407 e. The summed E-state index contributed by atoms with van der Waals surface area (Å²) in [4.78, 5) is 36.0. The van der Waals surface area contributed by atoms with Crippen molar-refractivity contribution in [2.75, 3.05) is 18.5 Å². The lowest BCUT2D eigenvalue weighted by Crippen LogP contribution is -2.35. The SMILES string of the molecule is CC(CNC(=O)OCC1c2ccccc2-c2ccccc21)C(=O)Nc1cc(Br)cc(C(=O)O)c1. The molecular formula is C26H23BrN2O5. The number of nitrogens with one attached hydrogen (secondary N) is 2. The molecule has 0 heterocycles. The predicted octanol–water partition coefficient (Wildman–Crippen LogP) is 5.26. The molecule has 3 aromatic carbocycles. The molecule has 7 nitrogen and oxygen atoms in total. The van der Waals surface area contributed by atoms with E-state index in [1.54, 1.807) is 13.0 Å². The standard InChI is InChI=1S/C26H23BrN2O5/c1-15(24(30)29-18-11-16(25(31)32)10-17(27)12-18)13-28-26(33)34-14-23-21-8-4-2-6-19(21)20-7-3-5-9-22(20)23/h2-12,15,23H,13-14H2,1H3,(H,28,33)(H,29,30)(H,31,32). The second-order valence-electron chi connectivity index (χ2n) is 8.13. The van der Waals surface area contributed by atoms with Gasteiger partial charge in [0.15, 0.2) is 0 Å². The second-order valence-corrected chi connectivity index (χ2v) is 9.05. The number of halogens is 1. The Kier molecular flexibility index (Phi) is 6.98. The van der Waals surface area contributed by atoms with E-state index in [-0.39, 0.29) is 30.5 Å². The first-order chi connectivity index (χ1) is 16.3. The maximum Gasteiger partial charge on any atom is 0.407 e. The van der Waals surface area contributed by atoms with Gasteiger partial charge in [0.1, 0.15) is 6.61 Å². The molecule has 0 aromatic heterocycles. The van der Waals surface area contributed by atoms with Crippen molar-refractivity contribution < 1.29 is 24.2 Å². The van der Waals surface area contributed by atoms with Crippen LogP contribution >= 0.6 is 15.9 Å². The minimum absolute atomic E-state index is 0.0427. The lowest BCUT2D eigenvalue weighted by molar-refractivity contribution is -0.119. The minimum Gasteiger partial charge on any atom is -0.478 e. The van der Waals surface area contributed by atoms with E-state index in [1.807, 2.05) is 36.4 Å². The van der Waals surface area contributed by atoms with Gasteiger partial charge in [0, 0.05) is 22.6 Å². The lowest BCUT2D eigenvalue weighted by atomic mass is 9.98. The Morgan fingerprint density at radius 3 is 2.24 bits per heavy atom. The number of ether oxygens (including phenoxy) is 1. The summed E-state index contributed by atoms with van der Waals surface area (Å²) < 4.78 is 6.03. The van der Waals surface area contributed by atoms with Gasteiger partial charge < -0.3 is 20.5 Å². The van der Waals surface area contributed by atoms with Crippen molar-refractivity contribution in [3.63, 3.8) is 0 Å². The molecule has 0 radical (unpaired) electrons. The van der Waals surface area contributed by atoms with Crippen molar-refractivity contribution >= 4 is 39.6 Å². The van der Waals surface area contributed by atoms with E-state index < -0.39 is 18.0 Å². The first kappa shape index (κ1) is 23.5. The summed E-state index contributed by atoms with van der Waals surface area (Å²) in [5.74, 6) is -2.05. The Hall–Kier alpha value is -3.65. The Bertz CT molecular complexity index is 1210. The van der Waals surface area contributed by atoms with Crippen LogP contribution in [0.4, 0.5) is 10.5 Å². The van der Waals surface area contributed by atoms with Crippen LogP contribution in [0.25, 0.3) is 11.1 Å². The van der Waals surface area contributed by atoms with Crippen molar-refractivity contribution in [2.24, 2.45) is 5.92 Å². The fourth-order valence-electron chi connectivity index (χ4n) is 4.03. The number of amides is 2. The maximum absolute atomic E-state index is 12.5. The molecule has 34 heavy (non-hydrogen) atoms. The highest BCUT2D eigenvalue weighted by atomic mass is 79.9. The summed E-state index contributed by atoms with van der Waals surface area (Å²) >= 11 is 3.24. The quantitative estimate of drug-likeness (QED) is 0.392. The van der Waals surface area contributed by atoms with Crippen molar-refractivity contribution in [2.45, 2.75) is 12.8 Å². The van der Waals surface area contributed by atoms with Gasteiger partial charge in [-0.05, 0) is 40.5 Å². The van der Waals surface area contributed by atoms with E-state index in [0.717, 1.165) is 22.3 Å². The van der Waals surface area contributed by atoms with E-state index in [2.05, 4.69) is 38.7 Å². The summed E-state index contributed by atoms with van der Waals surface area (Å²) in [7, 11) is 0. The molecule has 0 fully saturated rings. The maximum atomic E-state index is 12.5. The number of anilines is 1. The fourth-order valence-corrected chi connectivity index (χ4v) is 4.52. The van der Waals surface area contributed by atoms with E-state index in [9.17, 15) is 14.4 Å². The van der Waals surface area contributed by atoms with E-state index in [0.29, 0.717) is 10.2 Å². The van der Waals surface area contributed by atoms with Crippen LogP contribution in [-0.2, 0) is 9.53 Å². The van der Waals surface area contributed by atoms with Gasteiger partial charge in [0.2, 0.25) is 5.91 Å². The zero-order chi connectivity index (χ0) is 24.2. The third-order valence-corrected chi connectivity index (χ3v) is 6.21. The van der Waals surface area contributed by atoms with Crippen LogP contribution in [0.1, 0.15) is 34.3 Å². The number of carboxylic acid groups (broad SMARTS) is 1. The number of carboxylic acids is 1. The average molecular weight is 523 g/mol. The number of benzene rings is 3. The number of alkyl carbamates (subject to hydrolysis) is 1. The Labute approximate surface area is 205 Å². The Morgan fingerprint density at radius 2 is 1.62 bits per heavy atom. The molecule has 8 heteroatoms. The van der Waals surface area contributed by atoms with Crippen LogP contribution in [0.2, 0.25) is 0 Å². The lowest BCUT2D eigenvalue weighted by Gasteiger charge is -2.16. The molecule has 2 amide bonds. The first-order valence-electron chi connectivity index (χ1n) is 10.8. The number of hydrogen-bond donors (Lipinski definition) is 3. The topological polar surface area (TPSA) is 105 Å². The third-order valence-electron chi connectivity index (χ3n) is 5.76. The molecule has 3 N–H and O–H groups in total. The molecular weight excluding hydrogens is 500 g/mol. The molecule has 174 valence electrons. The van der Waals surface area contributed by atoms with Crippen LogP contribution in [-0.4, -0.2) is 36.2 Å². The number of carbonyl (C=O) groups excluding carboxylic acids is 2. The predicted molar refractivity (Wildman–Crippen MR) is 132 cm³/mol.